The summed E-state index contributed by atoms with van der Waals surface area (Å²) in [5.41, 5.74) is 0.563. The number of hydrogen-bond donors (Lipinski definition) is 2. The first-order chi connectivity index (χ1) is 7.66. The Morgan fingerprint density at radius 2 is 2.25 bits per heavy atom. The molecule has 4 nitrogen and oxygen atoms in total. The molecule has 0 aromatic heterocycles. The van der Waals surface area contributed by atoms with E-state index < -0.39 is 12.0 Å². The van der Waals surface area contributed by atoms with E-state index in [1.54, 1.807) is 31.4 Å². The second-order valence-electron chi connectivity index (χ2n) is 3.24. The molecule has 1 aromatic carbocycles. The predicted octanol–water partition coefficient (Wildman–Crippen LogP) is 1.70. The zero-order valence-electron chi connectivity index (χ0n) is 8.94. The van der Waals surface area contributed by atoms with Gasteiger partial charge in [-0.05, 0) is 11.6 Å². The molecule has 1 rings (SSSR count). The molecule has 88 valence electrons. The predicted molar refractivity (Wildman–Crippen MR) is 61.7 cm³/mol. The minimum absolute atomic E-state index is 0.444. The van der Waals surface area contributed by atoms with Crippen molar-refractivity contribution in [2.45, 2.75) is 6.04 Å². The number of nitrogens with one attached hydrogen (secondary N) is 1. The molecule has 0 amide bonds. The summed E-state index contributed by atoms with van der Waals surface area (Å²) in [5.74, 6) is -0.954. The van der Waals surface area contributed by atoms with Crippen LogP contribution in [0.2, 0.25) is 5.02 Å². The van der Waals surface area contributed by atoms with E-state index >= 15 is 0 Å². The van der Waals surface area contributed by atoms with Crippen molar-refractivity contribution in [2.24, 2.45) is 0 Å². The zero-order chi connectivity index (χ0) is 12.0. The highest BCUT2D eigenvalue weighted by Gasteiger charge is 2.20. The SMILES string of the molecule is COCCNC(C(=O)O)c1ccccc1Cl. The molecule has 0 aliphatic rings. The highest BCUT2D eigenvalue weighted by molar-refractivity contribution is 6.31. The van der Waals surface area contributed by atoms with E-state index in [2.05, 4.69) is 5.32 Å². The smallest absolute Gasteiger partial charge is 0.325 e. The molecule has 0 saturated heterocycles. The molecule has 0 aliphatic carbocycles. The molecule has 0 radical (unpaired) electrons. The Balaban J connectivity index is 2.78. The Morgan fingerprint density at radius 3 is 2.81 bits per heavy atom. The van der Waals surface area contributed by atoms with Crippen molar-refractivity contribution in [3.63, 3.8) is 0 Å². The summed E-state index contributed by atoms with van der Waals surface area (Å²) in [6.07, 6.45) is 0. The van der Waals surface area contributed by atoms with Crippen LogP contribution < -0.4 is 5.32 Å². The largest absolute Gasteiger partial charge is 0.480 e. The maximum absolute atomic E-state index is 11.1. The van der Waals surface area contributed by atoms with Gasteiger partial charge in [0.2, 0.25) is 0 Å². The molecular weight excluding hydrogens is 230 g/mol. The Morgan fingerprint density at radius 1 is 1.56 bits per heavy atom. The van der Waals surface area contributed by atoms with E-state index in [9.17, 15) is 4.79 Å². The second-order valence-corrected chi connectivity index (χ2v) is 3.65. The number of benzene rings is 1. The van der Waals surface area contributed by atoms with Gasteiger partial charge in [-0.1, -0.05) is 29.8 Å². The van der Waals surface area contributed by atoms with Gasteiger partial charge < -0.3 is 9.84 Å². The van der Waals surface area contributed by atoms with E-state index in [-0.39, 0.29) is 0 Å². The van der Waals surface area contributed by atoms with Gasteiger partial charge in [0.15, 0.2) is 0 Å². The quantitative estimate of drug-likeness (QED) is 0.747. The monoisotopic (exact) mass is 243 g/mol. The Bertz CT molecular complexity index is 357. The summed E-state index contributed by atoms with van der Waals surface area (Å²) >= 11 is 5.94. The van der Waals surface area contributed by atoms with E-state index in [0.717, 1.165) is 0 Å². The number of carbonyl (C=O) groups is 1. The number of aliphatic carboxylic acids is 1. The number of methoxy groups -OCH3 is 1. The lowest BCUT2D eigenvalue weighted by molar-refractivity contribution is -0.139. The summed E-state index contributed by atoms with van der Waals surface area (Å²) in [6, 6.07) is 6.09. The Hall–Kier alpha value is -1.10. The topological polar surface area (TPSA) is 58.6 Å². The minimum atomic E-state index is -0.954. The fraction of sp³-hybridized carbons (Fsp3) is 0.364. The van der Waals surface area contributed by atoms with Crippen LogP contribution in [0.1, 0.15) is 11.6 Å². The molecule has 16 heavy (non-hydrogen) atoms. The summed E-state index contributed by atoms with van der Waals surface area (Å²) in [5, 5.41) is 12.4. The first-order valence-corrected chi connectivity index (χ1v) is 5.24. The number of ether oxygens (including phenoxy) is 1. The molecular formula is C11H14ClNO3. The Labute approximate surface area is 99.2 Å². The van der Waals surface area contributed by atoms with Gasteiger partial charge in [-0.2, -0.15) is 0 Å². The van der Waals surface area contributed by atoms with Crippen LogP contribution in [0.4, 0.5) is 0 Å². The zero-order valence-corrected chi connectivity index (χ0v) is 9.70. The molecule has 0 bridgehead atoms. The van der Waals surface area contributed by atoms with Crippen LogP contribution in [0.15, 0.2) is 24.3 Å². The number of halogens is 1. The van der Waals surface area contributed by atoms with Gasteiger partial charge in [0, 0.05) is 18.7 Å². The van der Waals surface area contributed by atoms with Gasteiger partial charge in [-0.15, -0.1) is 0 Å². The molecule has 0 fully saturated rings. The molecule has 1 atom stereocenters. The molecule has 5 heteroatoms. The maximum atomic E-state index is 11.1. The number of hydrogen-bond acceptors (Lipinski definition) is 3. The third kappa shape index (κ3) is 3.48. The summed E-state index contributed by atoms with van der Waals surface area (Å²) in [4.78, 5) is 11.1. The second kappa shape index (κ2) is 6.48. The number of carboxylic acids is 1. The first-order valence-electron chi connectivity index (χ1n) is 4.86. The van der Waals surface area contributed by atoms with Crippen LogP contribution >= 0.6 is 11.6 Å². The van der Waals surface area contributed by atoms with Crippen molar-refractivity contribution in [2.75, 3.05) is 20.3 Å². The van der Waals surface area contributed by atoms with E-state index in [4.69, 9.17) is 21.4 Å². The first kappa shape index (κ1) is 13.0. The van der Waals surface area contributed by atoms with Crippen molar-refractivity contribution < 1.29 is 14.6 Å². The lowest BCUT2D eigenvalue weighted by Gasteiger charge is -2.15. The van der Waals surface area contributed by atoms with Gasteiger partial charge in [-0.3, -0.25) is 10.1 Å². The van der Waals surface area contributed by atoms with Gasteiger partial charge in [0.25, 0.3) is 0 Å². The van der Waals surface area contributed by atoms with Crippen LogP contribution in [-0.2, 0) is 9.53 Å². The average molecular weight is 244 g/mol. The fourth-order valence-corrected chi connectivity index (χ4v) is 1.59. The number of rotatable bonds is 6. The van der Waals surface area contributed by atoms with Crippen molar-refractivity contribution in [3.05, 3.63) is 34.9 Å². The van der Waals surface area contributed by atoms with Crippen LogP contribution in [0.3, 0.4) is 0 Å². The number of carboxylic acid groups (broad SMARTS) is 1. The highest BCUT2D eigenvalue weighted by atomic mass is 35.5. The highest BCUT2D eigenvalue weighted by Crippen LogP contribution is 2.22. The molecule has 1 unspecified atom stereocenters. The standard InChI is InChI=1S/C11H14ClNO3/c1-16-7-6-13-10(11(14)15)8-4-2-3-5-9(8)12/h2-5,10,13H,6-7H2,1H3,(H,14,15). The minimum Gasteiger partial charge on any atom is -0.480 e. The lowest BCUT2D eigenvalue weighted by Crippen LogP contribution is -2.31. The summed E-state index contributed by atoms with van der Waals surface area (Å²) < 4.78 is 4.85. The van der Waals surface area contributed by atoms with Crippen molar-refractivity contribution in [1.82, 2.24) is 5.32 Å². The van der Waals surface area contributed by atoms with E-state index in [1.807, 2.05) is 0 Å². The fourth-order valence-electron chi connectivity index (χ4n) is 1.34. The van der Waals surface area contributed by atoms with Crippen molar-refractivity contribution in [3.8, 4) is 0 Å². The maximum Gasteiger partial charge on any atom is 0.325 e. The average Bonchev–Trinajstić information content (AvgIpc) is 2.25. The van der Waals surface area contributed by atoms with Crippen LogP contribution in [0.5, 0.6) is 0 Å². The van der Waals surface area contributed by atoms with Gasteiger partial charge in [0.05, 0.1) is 6.61 Å². The van der Waals surface area contributed by atoms with Crippen LogP contribution in [0.25, 0.3) is 0 Å². The lowest BCUT2D eigenvalue weighted by atomic mass is 10.1. The van der Waals surface area contributed by atoms with Gasteiger partial charge >= 0.3 is 5.97 Å². The van der Waals surface area contributed by atoms with Crippen molar-refractivity contribution in [1.29, 1.82) is 0 Å². The molecule has 0 aliphatic heterocycles. The summed E-state index contributed by atoms with van der Waals surface area (Å²) in [7, 11) is 1.56. The normalized spacial score (nSPS) is 12.4. The van der Waals surface area contributed by atoms with Gasteiger partial charge in [-0.25, -0.2) is 0 Å². The van der Waals surface area contributed by atoms with Crippen LogP contribution in [0, 0.1) is 0 Å². The third-order valence-corrected chi connectivity index (χ3v) is 2.46. The molecule has 0 saturated carbocycles. The van der Waals surface area contributed by atoms with E-state index in [1.165, 1.54) is 0 Å². The van der Waals surface area contributed by atoms with Crippen molar-refractivity contribution >= 4 is 17.6 Å². The van der Waals surface area contributed by atoms with Gasteiger partial charge in [0.1, 0.15) is 6.04 Å². The summed E-state index contributed by atoms with van der Waals surface area (Å²) in [6.45, 7) is 0.910. The third-order valence-electron chi connectivity index (χ3n) is 2.12. The van der Waals surface area contributed by atoms with Crippen LogP contribution in [-0.4, -0.2) is 31.3 Å². The molecule has 0 heterocycles. The molecule has 0 spiro atoms. The molecule has 1 aromatic rings. The van der Waals surface area contributed by atoms with E-state index in [0.29, 0.717) is 23.7 Å². The molecule has 2 N–H and O–H groups in total. The Kier molecular flexibility index (Phi) is 5.25.